The second-order valence-corrected chi connectivity index (χ2v) is 7.57. The molecule has 29 heavy (non-hydrogen) atoms. The van der Waals surface area contributed by atoms with Gasteiger partial charge in [-0.05, 0) is 60.2 Å². The fourth-order valence-electron chi connectivity index (χ4n) is 3.35. The van der Waals surface area contributed by atoms with Gasteiger partial charge in [0.25, 0.3) is 11.8 Å². The van der Waals surface area contributed by atoms with Crippen LogP contribution in [0.1, 0.15) is 44.7 Å². The number of amides is 2. The van der Waals surface area contributed by atoms with E-state index in [-0.39, 0.29) is 11.8 Å². The van der Waals surface area contributed by atoms with E-state index in [1.54, 1.807) is 12.1 Å². The zero-order valence-corrected chi connectivity index (χ0v) is 16.4. The van der Waals surface area contributed by atoms with Gasteiger partial charge in [-0.3, -0.25) is 9.59 Å². The number of benzene rings is 2. The number of ether oxygens (including phenoxy) is 2. The van der Waals surface area contributed by atoms with E-state index >= 15 is 0 Å². The molecule has 4 rings (SSSR count). The molecule has 2 aliphatic rings. The summed E-state index contributed by atoms with van der Waals surface area (Å²) in [6.45, 7) is 2.47. The fourth-order valence-corrected chi connectivity index (χ4v) is 3.35. The highest BCUT2D eigenvalue weighted by Gasteiger charge is 2.22. The van der Waals surface area contributed by atoms with Crippen molar-refractivity contribution in [3.8, 4) is 5.75 Å². The molecule has 152 valence electrons. The monoisotopic (exact) mass is 394 g/mol. The summed E-state index contributed by atoms with van der Waals surface area (Å²) < 4.78 is 11.4. The van der Waals surface area contributed by atoms with Crippen molar-refractivity contribution in [3.63, 3.8) is 0 Å². The van der Waals surface area contributed by atoms with Crippen molar-refractivity contribution in [2.24, 2.45) is 5.92 Å². The van der Waals surface area contributed by atoms with Crippen molar-refractivity contribution >= 4 is 11.8 Å². The van der Waals surface area contributed by atoms with Crippen LogP contribution in [-0.4, -0.2) is 44.7 Å². The van der Waals surface area contributed by atoms with Gasteiger partial charge in [0.15, 0.2) is 0 Å². The standard InChI is InChI=1S/C23H26N2O4/c26-22-18-3-1-2-17(12-18)13-20-14-19(23(27)25-15-16-4-5-16)6-7-21(20)29-11-10-28-9-8-24-22/h1-3,6-7,12,14,16H,4-5,8-11,13,15H2,(H,24,26)(H,25,27). The summed E-state index contributed by atoms with van der Waals surface area (Å²) in [5.41, 5.74) is 3.14. The molecule has 1 fully saturated rings. The Kier molecular flexibility index (Phi) is 6.10. The zero-order chi connectivity index (χ0) is 20.1. The van der Waals surface area contributed by atoms with Crippen LogP contribution in [0.4, 0.5) is 0 Å². The van der Waals surface area contributed by atoms with Crippen molar-refractivity contribution < 1.29 is 19.1 Å². The molecule has 1 saturated carbocycles. The fraction of sp³-hybridized carbons (Fsp3) is 0.391. The van der Waals surface area contributed by atoms with Gasteiger partial charge >= 0.3 is 0 Å². The van der Waals surface area contributed by atoms with E-state index in [1.807, 2.05) is 30.3 Å². The van der Waals surface area contributed by atoms with E-state index in [0.29, 0.717) is 49.8 Å². The molecule has 1 heterocycles. The number of nitrogens with one attached hydrogen (secondary N) is 2. The van der Waals surface area contributed by atoms with Gasteiger partial charge in [0.05, 0.1) is 13.2 Å². The second-order valence-electron chi connectivity index (χ2n) is 7.57. The summed E-state index contributed by atoms with van der Waals surface area (Å²) in [5, 5.41) is 5.87. The first-order chi connectivity index (χ1) is 14.2. The SMILES string of the molecule is O=C1NCCOCCOc2ccc(C(=O)NCC3CC3)cc2Cc2cccc1c2. The average Bonchev–Trinajstić information content (AvgIpc) is 3.56. The number of carbonyl (C=O) groups excluding carboxylic acids is 2. The van der Waals surface area contributed by atoms with Gasteiger partial charge in [0, 0.05) is 30.6 Å². The van der Waals surface area contributed by atoms with Crippen LogP contribution in [0.25, 0.3) is 0 Å². The lowest BCUT2D eigenvalue weighted by atomic mass is 9.99. The molecule has 0 saturated heterocycles. The quantitative estimate of drug-likeness (QED) is 0.839. The lowest BCUT2D eigenvalue weighted by Gasteiger charge is -2.15. The van der Waals surface area contributed by atoms with E-state index in [0.717, 1.165) is 23.4 Å². The molecule has 0 spiro atoms. The predicted molar refractivity (Wildman–Crippen MR) is 109 cm³/mol. The molecule has 2 aromatic carbocycles. The van der Waals surface area contributed by atoms with Crippen LogP contribution in [-0.2, 0) is 11.2 Å². The molecule has 2 N–H and O–H groups in total. The van der Waals surface area contributed by atoms with Crippen LogP contribution in [0.3, 0.4) is 0 Å². The topological polar surface area (TPSA) is 76.7 Å². The largest absolute Gasteiger partial charge is 0.491 e. The Labute approximate surface area is 170 Å². The molecule has 0 radical (unpaired) electrons. The molecule has 0 atom stereocenters. The van der Waals surface area contributed by atoms with Gasteiger partial charge in [-0.15, -0.1) is 0 Å². The van der Waals surface area contributed by atoms with Gasteiger partial charge in [0.1, 0.15) is 12.4 Å². The maximum Gasteiger partial charge on any atom is 0.251 e. The first kappa shape index (κ1) is 19.5. The lowest BCUT2D eigenvalue weighted by Crippen LogP contribution is -2.28. The first-order valence-corrected chi connectivity index (χ1v) is 10.2. The summed E-state index contributed by atoms with van der Waals surface area (Å²) in [4.78, 5) is 24.8. The molecule has 1 aliphatic carbocycles. The van der Waals surface area contributed by atoms with Gasteiger partial charge in [-0.2, -0.15) is 0 Å². The minimum atomic E-state index is -0.114. The van der Waals surface area contributed by atoms with Crippen LogP contribution in [0.15, 0.2) is 42.5 Å². The van der Waals surface area contributed by atoms with Gasteiger partial charge in [-0.1, -0.05) is 12.1 Å². The van der Waals surface area contributed by atoms with Gasteiger partial charge in [-0.25, -0.2) is 0 Å². The molecule has 0 aromatic heterocycles. The van der Waals surface area contributed by atoms with E-state index in [1.165, 1.54) is 12.8 Å². The molecule has 2 aromatic rings. The van der Waals surface area contributed by atoms with Crippen LogP contribution < -0.4 is 15.4 Å². The van der Waals surface area contributed by atoms with E-state index in [4.69, 9.17) is 9.47 Å². The highest BCUT2D eigenvalue weighted by atomic mass is 16.5. The molecular formula is C23H26N2O4. The molecule has 0 unspecified atom stereocenters. The Morgan fingerprint density at radius 3 is 2.86 bits per heavy atom. The Hall–Kier alpha value is -2.86. The molecule has 6 nitrogen and oxygen atoms in total. The molecular weight excluding hydrogens is 368 g/mol. The predicted octanol–water partition coefficient (Wildman–Crippen LogP) is 2.56. The third-order valence-corrected chi connectivity index (χ3v) is 5.17. The number of fused-ring (bicyclic) bond motifs is 3. The summed E-state index contributed by atoms with van der Waals surface area (Å²) in [6, 6.07) is 13.1. The molecule has 2 amide bonds. The maximum absolute atomic E-state index is 12.5. The van der Waals surface area contributed by atoms with Crippen molar-refractivity contribution in [2.75, 3.05) is 32.9 Å². The normalized spacial score (nSPS) is 17.3. The average molecular weight is 394 g/mol. The summed E-state index contributed by atoms with van der Waals surface area (Å²) >= 11 is 0. The third-order valence-electron chi connectivity index (χ3n) is 5.17. The van der Waals surface area contributed by atoms with Crippen LogP contribution in [0, 0.1) is 5.92 Å². The highest BCUT2D eigenvalue weighted by Crippen LogP contribution is 2.28. The molecule has 2 bridgehead atoms. The maximum atomic E-state index is 12.5. The van der Waals surface area contributed by atoms with Crippen molar-refractivity contribution in [3.05, 3.63) is 64.7 Å². The minimum Gasteiger partial charge on any atom is -0.491 e. The van der Waals surface area contributed by atoms with Gasteiger partial charge < -0.3 is 20.1 Å². The molecule has 6 heteroatoms. The Morgan fingerprint density at radius 2 is 2.00 bits per heavy atom. The van der Waals surface area contributed by atoms with Crippen LogP contribution in [0.2, 0.25) is 0 Å². The third kappa shape index (κ3) is 5.35. The first-order valence-electron chi connectivity index (χ1n) is 10.2. The summed E-state index contributed by atoms with van der Waals surface area (Å²) in [7, 11) is 0. The van der Waals surface area contributed by atoms with Crippen LogP contribution >= 0.6 is 0 Å². The van der Waals surface area contributed by atoms with Crippen LogP contribution in [0.5, 0.6) is 5.75 Å². The number of hydrogen-bond acceptors (Lipinski definition) is 4. The lowest BCUT2D eigenvalue weighted by molar-refractivity contribution is 0.0865. The number of carbonyl (C=O) groups is 2. The summed E-state index contributed by atoms with van der Waals surface area (Å²) in [6.07, 6.45) is 2.97. The Balaban J connectivity index is 1.59. The van der Waals surface area contributed by atoms with E-state index in [9.17, 15) is 9.59 Å². The smallest absolute Gasteiger partial charge is 0.251 e. The second kappa shape index (κ2) is 9.09. The van der Waals surface area contributed by atoms with Crippen molar-refractivity contribution in [2.45, 2.75) is 19.3 Å². The van der Waals surface area contributed by atoms with Crippen molar-refractivity contribution in [1.29, 1.82) is 0 Å². The zero-order valence-electron chi connectivity index (χ0n) is 16.4. The van der Waals surface area contributed by atoms with Crippen molar-refractivity contribution in [1.82, 2.24) is 10.6 Å². The van der Waals surface area contributed by atoms with Gasteiger partial charge in [0.2, 0.25) is 0 Å². The van der Waals surface area contributed by atoms with E-state index < -0.39 is 0 Å². The van der Waals surface area contributed by atoms with E-state index in [2.05, 4.69) is 10.6 Å². The Bertz CT molecular complexity index is 892. The Morgan fingerprint density at radius 1 is 1.10 bits per heavy atom. The number of hydrogen-bond donors (Lipinski definition) is 2. The highest BCUT2D eigenvalue weighted by molar-refractivity contribution is 5.95. The molecule has 1 aliphatic heterocycles. The summed E-state index contributed by atoms with van der Waals surface area (Å²) in [5.74, 6) is 1.19. The number of rotatable bonds is 3. The minimum absolute atomic E-state index is 0.0597.